The third-order valence-electron chi connectivity index (χ3n) is 6.06. The van der Waals surface area contributed by atoms with Crippen LogP contribution in [0.4, 0.5) is 11.6 Å². The van der Waals surface area contributed by atoms with Gasteiger partial charge in [-0.25, -0.2) is 9.97 Å². The minimum Gasteiger partial charge on any atom is -0.497 e. The van der Waals surface area contributed by atoms with E-state index in [4.69, 9.17) is 14.5 Å². The van der Waals surface area contributed by atoms with Crippen LogP contribution in [0.25, 0.3) is 16.9 Å². The third kappa shape index (κ3) is 4.93. The summed E-state index contributed by atoms with van der Waals surface area (Å²) < 4.78 is 12.8. The predicted molar refractivity (Wildman–Crippen MR) is 142 cm³/mol. The Kier molecular flexibility index (Phi) is 6.66. The van der Waals surface area contributed by atoms with E-state index in [-0.39, 0.29) is 6.04 Å². The number of fused-ring (bicyclic) bond motifs is 1. The molecule has 5 rings (SSSR count). The molecule has 0 spiro atoms. The number of anilines is 2. The standard InChI is InChI=1S/C28H28N6O2/c1-19(20-7-5-4-6-8-20)32-28-29-14-13-27(33-28)34-18-31-24-15-22(10-12-25(24)34)30-17-21-9-11-23(35-2)16-26(21)36-3/h4-16,18-19,30H,17H2,1-3H3,(H,29,32,33). The first-order valence-corrected chi connectivity index (χ1v) is 11.7. The van der Waals surface area contributed by atoms with Crippen molar-refractivity contribution < 1.29 is 9.47 Å². The van der Waals surface area contributed by atoms with Gasteiger partial charge in [0.05, 0.1) is 31.3 Å². The minimum absolute atomic E-state index is 0.0824. The molecule has 8 heteroatoms. The summed E-state index contributed by atoms with van der Waals surface area (Å²) in [6.45, 7) is 2.70. The lowest BCUT2D eigenvalue weighted by atomic mass is 10.1. The van der Waals surface area contributed by atoms with Crippen molar-refractivity contribution in [2.75, 3.05) is 24.9 Å². The molecule has 0 aliphatic heterocycles. The first-order valence-electron chi connectivity index (χ1n) is 11.7. The zero-order valence-corrected chi connectivity index (χ0v) is 20.5. The maximum Gasteiger partial charge on any atom is 0.225 e. The number of ether oxygens (including phenoxy) is 2. The molecule has 0 saturated heterocycles. The Balaban J connectivity index is 1.33. The fourth-order valence-electron chi connectivity index (χ4n) is 4.07. The Morgan fingerprint density at radius 2 is 1.78 bits per heavy atom. The van der Waals surface area contributed by atoms with Crippen LogP contribution in [0.5, 0.6) is 11.5 Å². The maximum atomic E-state index is 5.50. The van der Waals surface area contributed by atoms with E-state index in [9.17, 15) is 0 Å². The van der Waals surface area contributed by atoms with Gasteiger partial charge in [0.25, 0.3) is 0 Å². The molecule has 0 saturated carbocycles. The van der Waals surface area contributed by atoms with Crippen LogP contribution >= 0.6 is 0 Å². The van der Waals surface area contributed by atoms with E-state index in [1.165, 1.54) is 5.56 Å². The number of hydrogen-bond acceptors (Lipinski definition) is 7. The Hall–Kier alpha value is -4.59. The van der Waals surface area contributed by atoms with Crippen molar-refractivity contribution in [3.8, 4) is 17.3 Å². The SMILES string of the molecule is COc1ccc(CNc2ccc3c(c2)ncn3-c2ccnc(NC(C)c3ccccc3)n2)c(OC)c1. The Morgan fingerprint density at radius 1 is 0.917 bits per heavy atom. The minimum atomic E-state index is 0.0824. The number of benzene rings is 3. The average Bonchev–Trinajstić information content (AvgIpc) is 3.36. The number of nitrogens with one attached hydrogen (secondary N) is 2. The van der Waals surface area contributed by atoms with Crippen molar-refractivity contribution in [1.82, 2.24) is 19.5 Å². The second-order valence-corrected chi connectivity index (χ2v) is 8.36. The number of nitrogens with zero attached hydrogens (tertiary/aromatic N) is 4. The van der Waals surface area contributed by atoms with Crippen LogP contribution in [0.15, 0.2) is 85.3 Å². The lowest BCUT2D eigenvalue weighted by Gasteiger charge is -2.14. The molecule has 8 nitrogen and oxygen atoms in total. The molecule has 0 radical (unpaired) electrons. The molecule has 0 bridgehead atoms. The molecule has 1 unspecified atom stereocenters. The first-order chi connectivity index (χ1) is 17.6. The third-order valence-corrected chi connectivity index (χ3v) is 6.06. The highest BCUT2D eigenvalue weighted by Crippen LogP contribution is 2.27. The Labute approximate surface area is 210 Å². The van der Waals surface area contributed by atoms with Gasteiger partial charge in [-0.2, -0.15) is 4.98 Å². The highest BCUT2D eigenvalue weighted by molar-refractivity contribution is 5.81. The van der Waals surface area contributed by atoms with Crippen LogP contribution < -0.4 is 20.1 Å². The summed E-state index contributed by atoms with van der Waals surface area (Å²) in [5.74, 6) is 2.86. The lowest BCUT2D eigenvalue weighted by Crippen LogP contribution is -2.10. The average molecular weight is 481 g/mol. The first kappa shape index (κ1) is 23.2. The topological polar surface area (TPSA) is 86.1 Å². The van der Waals surface area contributed by atoms with Crippen LogP contribution in [0.2, 0.25) is 0 Å². The molecule has 3 aromatic carbocycles. The fraction of sp³-hybridized carbons (Fsp3) is 0.179. The fourth-order valence-corrected chi connectivity index (χ4v) is 4.07. The number of imidazole rings is 1. The van der Waals surface area contributed by atoms with Gasteiger partial charge in [0, 0.05) is 30.1 Å². The van der Waals surface area contributed by atoms with Crippen molar-refractivity contribution in [3.05, 3.63) is 96.4 Å². The largest absolute Gasteiger partial charge is 0.497 e. The molecule has 5 aromatic rings. The van der Waals surface area contributed by atoms with E-state index in [0.717, 1.165) is 39.6 Å². The van der Waals surface area contributed by atoms with Crippen molar-refractivity contribution in [1.29, 1.82) is 0 Å². The monoisotopic (exact) mass is 480 g/mol. The van der Waals surface area contributed by atoms with E-state index in [2.05, 4.69) is 39.7 Å². The maximum absolute atomic E-state index is 5.50. The molecular weight excluding hydrogens is 452 g/mol. The molecule has 1 atom stereocenters. The van der Waals surface area contributed by atoms with Crippen molar-refractivity contribution in [2.24, 2.45) is 0 Å². The van der Waals surface area contributed by atoms with Gasteiger partial charge < -0.3 is 20.1 Å². The normalized spacial score (nSPS) is 11.8. The molecule has 0 aliphatic rings. The molecule has 0 fully saturated rings. The number of methoxy groups -OCH3 is 2. The summed E-state index contributed by atoms with van der Waals surface area (Å²) in [5, 5.41) is 6.84. The molecule has 2 N–H and O–H groups in total. The highest BCUT2D eigenvalue weighted by Gasteiger charge is 2.11. The van der Waals surface area contributed by atoms with Gasteiger partial charge in [-0.15, -0.1) is 0 Å². The second-order valence-electron chi connectivity index (χ2n) is 8.36. The zero-order valence-electron chi connectivity index (χ0n) is 20.5. The van der Waals surface area contributed by atoms with E-state index >= 15 is 0 Å². The van der Waals surface area contributed by atoms with Gasteiger partial charge in [0.2, 0.25) is 5.95 Å². The summed E-state index contributed by atoms with van der Waals surface area (Å²) in [7, 11) is 3.30. The summed E-state index contributed by atoms with van der Waals surface area (Å²) in [6, 6.07) is 24.1. The molecule has 0 amide bonds. The van der Waals surface area contributed by atoms with Gasteiger partial charge in [-0.3, -0.25) is 4.57 Å². The van der Waals surface area contributed by atoms with Crippen LogP contribution in [0, 0.1) is 0 Å². The Morgan fingerprint density at radius 3 is 2.58 bits per heavy atom. The van der Waals surface area contributed by atoms with E-state index in [1.54, 1.807) is 26.7 Å². The van der Waals surface area contributed by atoms with Crippen molar-refractivity contribution in [2.45, 2.75) is 19.5 Å². The summed E-state index contributed by atoms with van der Waals surface area (Å²) in [6.07, 6.45) is 3.54. The van der Waals surface area contributed by atoms with Gasteiger partial charge >= 0.3 is 0 Å². The summed E-state index contributed by atoms with van der Waals surface area (Å²) in [5.41, 5.74) is 5.00. The van der Waals surface area contributed by atoms with Gasteiger partial charge in [-0.1, -0.05) is 30.3 Å². The van der Waals surface area contributed by atoms with Crippen molar-refractivity contribution in [3.63, 3.8) is 0 Å². The lowest BCUT2D eigenvalue weighted by molar-refractivity contribution is 0.391. The number of rotatable bonds is 9. The quantitative estimate of drug-likeness (QED) is 0.283. The zero-order chi connectivity index (χ0) is 24.9. The van der Waals surface area contributed by atoms with E-state index in [1.807, 2.05) is 65.2 Å². The van der Waals surface area contributed by atoms with Gasteiger partial charge in [0.15, 0.2) is 0 Å². The highest BCUT2D eigenvalue weighted by atomic mass is 16.5. The molecule has 0 aliphatic carbocycles. The molecule has 2 heterocycles. The second kappa shape index (κ2) is 10.4. The van der Waals surface area contributed by atoms with Gasteiger partial charge in [-0.05, 0) is 48.9 Å². The summed E-state index contributed by atoms with van der Waals surface area (Å²) >= 11 is 0. The summed E-state index contributed by atoms with van der Waals surface area (Å²) in [4.78, 5) is 13.7. The van der Waals surface area contributed by atoms with Gasteiger partial charge in [0.1, 0.15) is 23.6 Å². The number of aromatic nitrogens is 4. The van der Waals surface area contributed by atoms with E-state index < -0.39 is 0 Å². The molecule has 36 heavy (non-hydrogen) atoms. The van der Waals surface area contributed by atoms with Crippen LogP contribution in [-0.4, -0.2) is 33.7 Å². The van der Waals surface area contributed by atoms with Crippen molar-refractivity contribution >= 4 is 22.7 Å². The predicted octanol–water partition coefficient (Wildman–Crippen LogP) is 5.62. The Bertz CT molecular complexity index is 1470. The molecular formula is C28H28N6O2. The van der Waals surface area contributed by atoms with Crippen LogP contribution in [0.1, 0.15) is 24.1 Å². The smallest absolute Gasteiger partial charge is 0.225 e. The van der Waals surface area contributed by atoms with E-state index in [0.29, 0.717) is 12.5 Å². The van der Waals surface area contributed by atoms with Crippen LogP contribution in [-0.2, 0) is 6.54 Å². The van der Waals surface area contributed by atoms with Crippen LogP contribution in [0.3, 0.4) is 0 Å². The number of hydrogen-bond donors (Lipinski definition) is 2. The molecule has 2 aromatic heterocycles. The molecule has 182 valence electrons.